The molecule has 5 heteroatoms. The van der Waals surface area contributed by atoms with Gasteiger partial charge in [-0.3, -0.25) is 9.48 Å². The van der Waals surface area contributed by atoms with Crippen molar-refractivity contribution in [2.45, 2.75) is 32.1 Å². The molecule has 0 spiro atoms. The molecule has 1 aromatic heterocycles. The molecule has 0 saturated carbocycles. The lowest BCUT2D eigenvalue weighted by Crippen LogP contribution is -2.24. The SMILES string of the molecule is Cn1cc(C(CN)C(=O)O)c(C(C)(C)C)n1. The van der Waals surface area contributed by atoms with Crippen LogP contribution in [0, 0.1) is 0 Å². The van der Waals surface area contributed by atoms with Gasteiger partial charge in [0.25, 0.3) is 0 Å². The van der Waals surface area contributed by atoms with Crippen molar-refractivity contribution in [3.8, 4) is 0 Å². The summed E-state index contributed by atoms with van der Waals surface area (Å²) >= 11 is 0. The zero-order chi connectivity index (χ0) is 12.5. The monoisotopic (exact) mass is 225 g/mol. The molecule has 0 amide bonds. The number of hydrogen-bond acceptors (Lipinski definition) is 3. The summed E-state index contributed by atoms with van der Waals surface area (Å²) in [6.07, 6.45) is 1.74. The topological polar surface area (TPSA) is 81.1 Å². The summed E-state index contributed by atoms with van der Waals surface area (Å²) in [6, 6.07) is 0. The largest absolute Gasteiger partial charge is 0.481 e. The summed E-state index contributed by atoms with van der Waals surface area (Å²) < 4.78 is 1.64. The molecule has 1 heterocycles. The van der Waals surface area contributed by atoms with Crippen LogP contribution in [0.15, 0.2) is 6.20 Å². The molecule has 1 aromatic rings. The standard InChI is InChI=1S/C11H19N3O2/c1-11(2,3)9-8(6-14(4)13-9)7(5-12)10(15)16/h6-7H,5,12H2,1-4H3,(H,15,16). The fourth-order valence-electron chi connectivity index (χ4n) is 1.71. The van der Waals surface area contributed by atoms with Gasteiger partial charge in [0.2, 0.25) is 0 Å². The van der Waals surface area contributed by atoms with Crippen LogP contribution >= 0.6 is 0 Å². The molecule has 16 heavy (non-hydrogen) atoms. The molecule has 0 fully saturated rings. The third-order valence-corrected chi connectivity index (χ3v) is 2.48. The maximum Gasteiger partial charge on any atom is 0.312 e. The lowest BCUT2D eigenvalue weighted by Gasteiger charge is -2.19. The third kappa shape index (κ3) is 2.41. The van der Waals surface area contributed by atoms with E-state index in [9.17, 15) is 4.79 Å². The lowest BCUT2D eigenvalue weighted by atomic mass is 9.85. The Morgan fingerprint density at radius 3 is 2.56 bits per heavy atom. The molecule has 0 aliphatic carbocycles. The third-order valence-electron chi connectivity index (χ3n) is 2.48. The van der Waals surface area contributed by atoms with E-state index in [0.29, 0.717) is 5.56 Å². The first-order valence-electron chi connectivity index (χ1n) is 5.24. The van der Waals surface area contributed by atoms with Gasteiger partial charge in [0.15, 0.2) is 0 Å². The van der Waals surface area contributed by atoms with Crippen LogP contribution < -0.4 is 5.73 Å². The first-order valence-corrected chi connectivity index (χ1v) is 5.24. The maximum atomic E-state index is 11.1. The summed E-state index contributed by atoms with van der Waals surface area (Å²) in [5.41, 5.74) is 6.84. The fraction of sp³-hybridized carbons (Fsp3) is 0.636. The number of nitrogens with two attached hydrogens (primary N) is 1. The second-order valence-corrected chi connectivity index (χ2v) is 4.98. The number of carbonyl (C=O) groups is 1. The van der Waals surface area contributed by atoms with Crippen molar-refractivity contribution in [1.82, 2.24) is 9.78 Å². The van der Waals surface area contributed by atoms with Gasteiger partial charge >= 0.3 is 5.97 Å². The van der Waals surface area contributed by atoms with Crippen molar-refractivity contribution >= 4 is 5.97 Å². The quantitative estimate of drug-likeness (QED) is 0.799. The molecule has 90 valence electrons. The number of aryl methyl sites for hydroxylation is 1. The lowest BCUT2D eigenvalue weighted by molar-refractivity contribution is -0.138. The molecule has 3 N–H and O–H groups in total. The number of aliphatic carboxylic acids is 1. The Bertz CT molecular complexity index is 390. The first-order chi connectivity index (χ1) is 7.27. The average molecular weight is 225 g/mol. The van der Waals surface area contributed by atoms with E-state index < -0.39 is 11.9 Å². The van der Waals surface area contributed by atoms with E-state index in [1.54, 1.807) is 17.9 Å². The summed E-state index contributed by atoms with van der Waals surface area (Å²) in [4.78, 5) is 11.1. The van der Waals surface area contributed by atoms with Crippen LogP contribution in [-0.2, 0) is 17.3 Å². The summed E-state index contributed by atoms with van der Waals surface area (Å²) in [5.74, 6) is -1.58. The van der Waals surface area contributed by atoms with Gasteiger partial charge < -0.3 is 10.8 Å². The Morgan fingerprint density at radius 1 is 1.62 bits per heavy atom. The minimum absolute atomic E-state index is 0.0874. The van der Waals surface area contributed by atoms with Gasteiger partial charge in [-0.05, 0) is 0 Å². The van der Waals surface area contributed by atoms with E-state index in [2.05, 4.69) is 5.10 Å². The van der Waals surface area contributed by atoms with Gasteiger partial charge in [-0.2, -0.15) is 5.10 Å². The molecule has 1 unspecified atom stereocenters. The van der Waals surface area contributed by atoms with E-state index in [0.717, 1.165) is 5.69 Å². The van der Waals surface area contributed by atoms with Gasteiger partial charge in [-0.25, -0.2) is 0 Å². The maximum absolute atomic E-state index is 11.1. The van der Waals surface area contributed by atoms with Crippen LogP contribution in [0.3, 0.4) is 0 Å². The molecule has 1 rings (SSSR count). The van der Waals surface area contributed by atoms with E-state index in [4.69, 9.17) is 10.8 Å². The molecular formula is C11H19N3O2. The van der Waals surface area contributed by atoms with Gasteiger partial charge in [0.1, 0.15) is 0 Å². The number of carboxylic acids is 1. The summed E-state index contributed by atoms with van der Waals surface area (Å²) in [6.45, 7) is 6.11. The second-order valence-electron chi connectivity index (χ2n) is 4.98. The number of rotatable bonds is 3. The second kappa shape index (κ2) is 4.25. The Kier molecular flexibility index (Phi) is 3.38. The van der Waals surface area contributed by atoms with Crippen molar-refractivity contribution in [3.63, 3.8) is 0 Å². The average Bonchev–Trinajstić information content (AvgIpc) is 2.47. The molecule has 1 atom stereocenters. The van der Waals surface area contributed by atoms with Crippen LogP contribution in [0.5, 0.6) is 0 Å². The molecule has 0 aliphatic rings. The van der Waals surface area contributed by atoms with Crippen LogP contribution in [0.1, 0.15) is 37.9 Å². The van der Waals surface area contributed by atoms with Crippen molar-refractivity contribution in [1.29, 1.82) is 0 Å². The van der Waals surface area contributed by atoms with Crippen molar-refractivity contribution < 1.29 is 9.90 Å². The highest BCUT2D eigenvalue weighted by atomic mass is 16.4. The molecular weight excluding hydrogens is 206 g/mol. The highest BCUT2D eigenvalue weighted by Crippen LogP contribution is 2.29. The smallest absolute Gasteiger partial charge is 0.312 e. The summed E-state index contributed by atoms with van der Waals surface area (Å²) in [7, 11) is 1.79. The van der Waals surface area contributed by atoms with E-state index >= 15 is 0 Å². The predicted molar refractivity (Wildman–Crippen MR) is 61.3 cm³/mol. The van der Waals surface area contributed by atoms with Crippen LogP contribution in [0.2, 0.25) is 0 Å². The Hall–Kier alpha value is -1.36. The molecule has 0 radical (unpaired) electrons. The predicted octanol–water partition coefficient (Wildman–Crippen LogP) is 0.845. The fourth-order valence-corrected chi connectivity index (χ4v) is 1.71. The zero-order valence-corrected chi connectivity index (χ0v) is 10.2. The Morgan fingerprint density at radius 2 is 2.19 bits per heavy atom. The van der Waals surface area contributed by atoms with Crippen molar-refractivity contribution in [2.24, 2.45) is 12.8 Å². The van der Waals surface area contributed by atoms with Gasteiger partial charge in [-0.1, -0.05) is 20.8 Å². The van der Waals surface area contributed by atoms with Crippen molar-refractivity contribution in [3.05, 3.63) is 17.5 Å². The highest BCUT2D eigenvalue weighted by Gasteiger charge is 2.29. The van der Waals surface area contributed by atoms with Crippen LogP contribution in [-0.4, -0.2) is 27.4 Å². The number of aromatic nitrogens is 2. The Labute approximate surface area is 95.3 Å². The number of carboxylic acid groups (broad SMARTS) is 1. The van der Waals surface area contributed by atoms with E-state index in [1.807, 2.05) is 20.8 Å². The molecule has 5 nitrogen and oxygen atoms in total. The minimum Gasteiger partial charge on any atom is -0.481 e. The summed E-state index contributed by atoms with van der Waals surface area (Å²) in [5, 5.41) is 13.4. The van der Waals surface area contributed by atoms with Crippen LogP contribution in [0.25, 0.3) is 0 Å². The van der Waals surface area contributed by atoms with E-state index in [1.165, 1.54) is 0 Å². The Balaban J connectivity index is 3.27. The normalized spacial score (nSPS) is 13.8. The molecule has 0 bridgehead atoms. The molecule has 0 saturated heterocycles. The van der Waals surface area contributed by atoms with Crippen LogP contribution in [0.4, 0.5) is 0 Å². The first kappa shape index (κ1) is 12.7. The van der Waals surface area contributed by atoms with Gasteiger partial charge in [-0.15, -0.1) is 0 Å². The number of hydrogen-bond donors (Lipinski definition) is 2. The molecule has 0 aromatic carbocycles. The van der Waals surface area contributed by atoms with E-state index in [-0.39, 0.29) is 12.0 Å². The highest BCUT2D eigenvalue weighted by molar-refractivity contribution is 5.76. The van der Waals surface area contributed by atoms with Gasteiger partial charge in [0, 0.05) is 30.8 Å². The van der Waals surface area contributed by atoms with Crippen molar-refractivity contribution in [2.75, 3.05) is 6.54 Å². The van der Waals surface area contributed by atoms with Gasteiger partial charge in [0.05, 0.1) is 11.6 Å². The minimum atomic E-state index is -0.902. The number of nitrogens with zero attached hydrogens (tertiary/aromatic N) is 2. The molecule has 0 aliphatic heterocycles. The zero-order valence-electron chi connectivity index (χ0n) is 10.2.